The van der Waals surface area contributed by atoms with Crippen molar-refractivity contribution in [3.63, 3.8) is 0 Å². The molecule has 262 valence electrons. The van der Waals surface area contributed by atoms with Crippen LogP contribution in [0.15, 0.2) is 54.6 Å². The van der Waals surface area contributed by atoms with Gasteiger partial charge in [-0.05, 0) is 101 Å². The summed E-state index contributed by atoms with van der Waals surface area (Å²) in [7, 11) is 1.44. The minimum absolute atomic E-state index is 0.00595. The summed E-state index contributed by atoms with van der Waals surface area (Å²) in [5.41, 5.74) is 1.31. The van der Waals surface area contributed by atoms with E-state index in [0.29, 0.717) is 6.42 Å². The van der Waals surface area contributed by atoms with Crippen molar-refractivity contribution in [2.75, 3.05) is 26.9 Å². The van der Waals surface area contributed by atoms with Gasteiger partial charge in [0.05, 0.1) is 25.4 Å². The van der Waals surface area contributed by atoms with Crippen LogP contribution in [0.4, 0.5) is 0 Å². The van der Waals surface area contributed by atoms with Crippen molar-refractivity contribution in [3.8, 4) is 0 Å². The molecule has 3 aliphatic heterocycles. The number of carbonyl (C=O) groups excluding carboxylic acids is 1. The molecule has 1 aromatic carbocycles. The summed E-state index contributed by atoms with van der Waals surface area (Å²) in [6.45, 7) is 2.27. The van der Waals surface area contributed by atoms with Crippen molar-refractivity contribution in [2.45, 2.75) is 140 Å². The minimum Gasteiger partial charge on any atom is -0.469 e. The first-order valence-electron chi connectivity index (χ1n) is 18.4. The molecule has 4 aliphatic rings. The van der Waals surface area contributed by atoms with Crippen LogP contribution in [-0.2, 0) is 44.4 Å². The molecular formula is C39H58O8. The average Bonchev–Trinajstić information content (AvgIpc) is 3.43. The van der Waals surface area contributed by atoms with E-state index in [1.807, 2.05) is 0 Å². The number of ether oxygens (including phenoxy) is 7. The molecular weight excluding hydrogens is 596 g/mol. The molecule has 5 rings (SSSR count). The van der Waals surface area contributed by atoms with Crippen molar-refractivity contribution in [1.82, 2.24) is 0 Å². The first kappa shape index (κ1) is 36.2. The lowest BCUT2D eigenvalue weighted by molar-refractivity contribution is -0.203. The van der Waals surface area contributed by atoms with Crippen LogP contribution < -0.4 is 0 Å². The van der Waals surface area contributed by atoms with Gasteiger partial charge < -0.3 is 33.2 Å². The van der Waals surface area contributed by atoms with Gasteiger partial charge >= 0.3 is 5.97 Å². The number of hydrogen-bond donors (Lipinski definition) is 0. The fourth-order valence-corrected chi connectivity index (χ4v) is 7.26. The Hall–Kier alpha value is -2.07. The fraction of sp³-hybridized carbons (Fsp3) is 0.718. The Balaban J connectivity index is 1.33. The van der Waals surface area contributed by atoms with Gasteiger partial charge in [0.15, 0.2) is 18.9 Å². The molecule has 0 radical (unpaired) electrons. The highest BCUT2D eigenvalue weighted by atomic mass is 16.7. The molecule has 8 atom stereocenters. The Kier molecular flexibility index (Phi) is 15.8. The first-order valence-corrected chi connectivity index (χ1v) is 18.4. The number of benzene rings is 1. The minimum atomic E-state index is -0.176. The zero-order valence-corrected chi connectivity index (χ0v) is 28.5. The Morgan fingerprint density at radius 2 is 1.51 bits per heavy atom. The van der Waals surface area contributed by atoms with Crippen LogP contribution in [0.2, 0.25) is 0 Å². The average molecular weight is 655 g/mol. The van der Waals surface area contributed by atoms with Crippen molar-refractivity contribution < 1.29 is 38.0 Å². The van der Waals surface area contributed by atoms with E-state index in [1.165, 1.54) is 12.7 Å². The van der Waals surface area contributed by atoms with E-state index >= 15 is 0 Å². The summed E-state index contributed by atoms with van der Waals surface area (Å²) in [5, 5.41) is 0. The number of rotatable bonds is 17. The van der Waals surface area contributed by atoms with Crippen LogP contribution in [0.25, 0.3) is 0 Å². The van der Waals surface area contributed by atoms with E-state index in [4.69, 9.17) is 33.2 Å². The lowest BCUT2D eigenvalue weighted by Gasteiger charge is -2.30. The van der Waals surface area contributed by atoms with Crippen molar-refractivity contribution in [2.24, 2.45) is 11.8 Å². The van der Waals surface area contributed by atoms with Crippen LogP contribution >= 0.6 is 0 Å². The third kappa shape index (κ3) is 12.4. The molecule has 1 saturated carbocycles. The van der Waals surface area contributed by atoms with Crippen LogP contribution in [0.5, 0.6) is 0 Å². The second kappa shape index (κ2) is 20.4. The van der Waals surface area contributed by atoms with Crippen molar-refractivity contribution in [3.05, 3.63) is 60.2 Å². The van der Waals surface area contributed by atoms with Crippen molar-refractivity contribution >= 4 is 5.97 Å². The SMILES string of the molecule is COC(=O)CCC/C=C\C[C@@H]1[C@@H](/C=C/[C@H](CCc2ccccc2)OC2CCCCO2)[C@H](OC2CCCCO2)C[C@@H]1OC1CCCCO1. The monoisotopic (exact) mass is 654 g/mol. The van der Waals surface area contributed by atoms with Gasteiger partial charge in [-0.2, -0.15) is 0 Å². The Labute approximate surface area is 282 Å². The van der Waals surface area contributed by atoms with Crippen LogP contribution in [0.3, 0.4) is 0 Å². The first-order chi connectivity index (χ1) is 23.2. The highest BCUT2D eigenvalue weighted by molar-refractivity contribution is 5.69. The maximum atomic E-state index is 11.6. The highest BCUT2D eigenvalue weighted by Crippen LogP contribution is 2.42. The van der Waals surface area contributed by atoms with Crippen LogP contribution in [-0.4, -0.2) is 70.1 Å². The second-order valence-corrected chi connectivity index (χ2v) is 13.5. The summed E-state index contributed by atoms with van der Waals surface area (Å²) in [6.07, 6.45) is 23.5. The zero-order valence-electron chi connectivity index (χ0n) is 28.5. The maximum Gasteiger partial charge on any atom is 0.305 e. The third-order valence-electron chi connectivity index (χ3n) is 9.92. The van der Waals surface area contributed by atoms with Gasteiger partial charge in [-0.3, -0.25) is 4.79 Å². The third-order valence-corrected chi connectivity index (χ3v) is 9.92. The van der Waals surface area contributed by atoms with Gasteiger partial charge in [0.25, 0.3) is 0 Å². The zero-order chi connectivity index (χ0) is 32.5. The topological polar surface area (TPSA) is 81.7 Å². The Morgan fingerprint density at radius 3 is 2.15 bits per heavy atom. The van der Waals surface area contributed by atoms with Gasteiger partial charge in [-0.15, -0.1) is 0 Å². The predicted molar refractivity (Wildman–Crippen MR) is 181 cm³/mol. The summed E-state index contributed by atoms with van der Waals surface area (Å²) < 4.78 is 43.1. The van der Waals surface area contributed by atoms with E-state index < -0.39 is 0 Å². The molecule has 0 aromatic heterocycles. The normalized spacial score (nSPS) is 31.0. The molecule has 0 amide bonds. The molecule has 3 heterocycles. The number of allylic oxidation sites excluding steroid dienone is 2. The van der Waals surface area contributed by atoms with Gasteiger partial charge in [0, 0.05) is 38.6 Å². The van der Waals surface area contributed by atoms with Crippen LogP contribution in [0, 0.1) is 11.8 Å². The maximum absolute atomic E-state index is 11.6. The Bertz CT molecular complexity index is 1060. The molecule has 8 nitrogen and oxygen atoms in total. The highest BCUT2D eigenvalue weighted by Gasteiger charge is 2.45. The van der Waals surface area contributed by atoms with Gasteiger partial charge in [-0.25, -0.2) is 0 Å². The Morgan fingerprint density at radius 1 is 0.851 bits per heavy atom. The lowest BCUT2D eigenvalue weighted by atomic mass is 9.89. The summed E-state index contributed by atoms with van der Waals surface area (Å²) in [5.74, 6) is 0.180. The number of unbranched alkanes of at least 4 members (excludes halogenated alkanes) is 1. The molecule has 0 bridgehead atoms. The molecule has 1 aromatic rings. The number of esters is 1. The smallest absolute Gasteiger partial charge is 0.305 e. The molecule has 1 aliphatic carbocycles. The standard InChI is InChI=1S/C39H58O8/c1-41-36(40)18-8-3-2-7-17-32-33(25-24-31(45-37-19-9-12-26-42-37)23-22-30-15-5-4-6-16-30)35(47-39-21-11-14-28-44-39)29-34(32)46-38-20-10-13-27-43-38/h2,4-7,15-16,24-25,31-35,37-39H,3,8-14,17-23,26-29H2,1H3/b7-2-,25-24+/t31-,32+,33+,34-,35+,37?,38?,39?/m0/s1. The molecule has 3 unspecified atom stereocenters. The summed E-state index contributed by atoms with van der Waals surface area (Å²) in [6, 6.07) is 10.6. The molecule has 0 spiro atoms. The number of carbonyl (C=O) groups is 1. The lowest BCUT2D eigenvalue weighted by Crippen LogP contribution is -2.31. The number of hydrogen-bond acceptors (Lipinski definition) is 8. The largest absolute Gasteiger partial charge is 0.469 e. The molecule has 0 N–H and O–H groups in total. The van der Waals surface area contributed by atoms with E-state index in [2.05, 4.69) is 54.6 Å². The summed E-state index contributed by atoms with van der Waals surface area (Å²) >= 11 is 0. The molecule has 8 heteroatoms. The van der Waals surface area contributed by atoms with E-state index in [0.717, 1.165) is 116 Å². The van der Waals surface area contributed by atoms with Gasteiger partial charge in [0.1, 0.15) is 0 Å². The molecule has 4 fully saturated rings. The summed E-state index contributed by atoms with van der Waals surface area (Å²) in [4.78, 5) is 11.6. The molecule has 47 heavy (non-hydrogen) atoms. The van der Waals surface area contributed by atoms with E-state index in [1.54, 1.807) is 0 Å². The van der Waals surface area contributed by atoms with Crippen LogP contribution in [0.1, 0.15) is 102 Å². The van der Waals surface area contributed by atoms with Crippen molar-refractivity contribution in [1.29, 1.82) is 0 Å². The van der Waals surface area contributed by atoms with E-state index in [-0.39, 0.29) is 55.0 Å². The molecule has 3 saturated heterocycles. The predicted octanol–water partition coefficient (Wildman–Crippen LogP) is 7.84. The fourth-order valence-electron chi connectivity index (χ4n) is 7.26. The number of aryl methyl sites for hydroxylation is 1. The van der Waals surface area contributed by atoms with E-state index in [9.17, 15) is 4.79 Å². The van der Waals surface area contributed by atoms with Gasteiger partial charge in [-0.1, -0.05) is 54.6 Å². The van der Waals surface area contributed by atoms with Gasteiger partial charge in [0.2, 0.25) is 0 Å². The quantitative estimate of drug-likeness (QED) is 0.0955. The number of methoxy groups -OCH3 is 1. The second-order valence-electron chi connectivity index (χ2n) is 13.5.